The fraction of sp³-hybridized carbons (Fsp3) is 0.227. The lowest BCUT2D eigenvalue weighted by Crippen LogP contribution is -2.13. The topological polar surface area (TPSA) is 109 Å². The second kappa shape index (κ2) is 7.88. The first-order valence-electron chi connectivity index (χ1n) is 10.2. The number of benzene rings is 1. The molecule has 0 aliphatic carbocycles. The highest BCUT2D eigenvalue weighted by molar-refractivity contribution is 6.00. The van der Waals surface area contributed by atoms with Gasteiger partial charge in [-0.25, -0.2) is 9.37 Å². The number of H-pyrrole nitrogens is 1. The van der Waals surface area contributed by atoms with Gasteiger partial charge < -0.3 is 25.8 Å². The summed E-state index contributed by atoms with van der Waals surface area (Å²) in [6.07, 6.45) is 3.97. The van der Waals surface area contributed by atoms with Crippen LogP contribution in [0.2, 0.25) is 0 Å². The van der Waals surface area contributed by atoms with Gasteiger partial charge in [-0.1, -0.05) is 0 Å². The summed E-state index contributed by atoms with van der Waals surface area (Å²) in [7, 11) is 3.54. The molecule has 0 radical (unpaired) electrons. The van der Waals surface area contributed by atoms with E-state index in [0.29, 0.717) is 41.0 Å². The molecule has 4 heterocycles. The van der Waals surface area contributed by atoms with E-state index < -0.39 is 0 Å². The normalized spacial score (nSPS) is 12.5. The number of halogens is 1. The average molecular weight is 435 g/mol. The third-order valence-corrected chi connectivity index (χ3v) is 5.62. The zero-order valence-electron chi connectivity index (χ0n) is 17.6. The SMILES string of the molecule is CNc1cc(-c2cnc(NCc3c(F)ccc4c3CCO4)c3c[nH]c(=O)cc23)n(NC)n1. The Bertz CT molecular complexity index is 1380. The fourth-order valence-corrected chi connectivity index (χ4v) is 4.05. The predicted molar refractivity (Wildman–Crippen MR) is 121 cm³/mol. The molecule has 0 bridgehead atoms. The zero-order valence-corrected chi connectivity index (χ0v) is 17.6. The van der Waals surface area contributed by atoms with Crippen molar-refractivity contribution >= 4 is 22.4 Å². The van der Waals surface area contributed by atoms with E-state index in [4.69, 9.17) is 4.74 Å². The van der Waals surface area contributed by atoms with Crippen molar-refractivity contribution in [3.8, 4) is 17.0 Å². The second-order valence-electron chi connectivity index (χ2n) is 7.40. The Hall–Kier alpha value is -4.08. The van der Waals surface area contributed by atoms with Crippen LogP contribution in [0.1, 0.15) is 11.1 Å². The van der Waals surface area contributed by atoms with Crippen LogP contribution in [-0.4, -0.2) is 40.6 Å². The number of aromatic amines is 1. The van der Waals surface area contributed by atoms with Crippen LogP contribution >= 0.6 is 0 Å². The van der Waals surface area contributed by atoms with Crippen molar-refractivity contribution < 1.29 is 9.13 Å². The van der Waals surface area contributed by atoms with Crippen LogP contribution in [0.15, 0.2) is 41.5 Å². The molecule has 4 N–H and O–H groups in total. The molecule has 9 nitrogen and oxygen atoms in total. The number of aromatic nitrogens is 4. The molecule has 0 atom stereocenters. The molecule has 0 saturated heterocycles. The quantitative estimate of drug-likeness (QED) is 0.369. The van der Waals surface area contributed by atoms with Crippen LogP contribution in [0, 0.1) is 5.82 Å². The maximum absolute atomic E-state index is 14.5. The van der Waals surface area contributed by atoms with Crippen LogP contribution in [0.3, 0.4) is 0 Å². The molecule has 0 spiro atoms. The van der Waals surface area contributed by atoms with Crippen LogP contribution < -0.4 is 26.4 Å². The van der Waals surface area contributed by atoms with E-state index in [1.54, 1.807) is 37.3 Å². The van der Waals surface area contributed by atoms with E-state index in [1.807, 2.05) is 6.07 Å². The Balaban J connectivity index is 1.57. The van der Waals surface area contributed by atoms with Gasteiger partial charge in [0.25, 0.3) is 0 Å². The van der Waals surface area contributed by atoms with Gasteiger partial charge in [0.1, 0.15) is 17.4 Å². The van der Waals surface area contributed by atoms with Crippen molar-refractivity contribution in [1.29, 1.82) is 0 Å². The van der Waals surface area contributed by atoms with Gasteiger partial charge in [-0.15, -0.1) is 5.10 Å². The molecule has 0 fully saturated rings. The third-order valence-electron chi connectivity index (χ3n) is 5.62. The van der Waals surface area contributed by atoms with E-state index >= 15 is 0 Å². The second-order valence-corrected chi connectivity index (χ2v) is 7.40. The molecule has 4 aromatic rings. The molecule has 5 rings (SSSR count). The van der Waals surface area contributed by atoms with Gasteiger partial charge >= 0.3 is 0 Å². The maximum Gasteiger partial charge on any atom is 0.248 e. The molecule has 0 unspecified atom stereocenters. The molecular formula is C22H22FN7O2. The summed E-state index contributed by atoms with van der Waals surface area (Å²) in [4.78, 5) is 21.0. The molecule has 3 aromatic heterocycles. The Morgan fingerprint density at radius 3 is 2.94 bits per heavy atom. The molecule has 1 aliphatic rings. The lowest BCUT2D eigenvalue weighted by molar-refractivity contribution is 0.356. The Labute approximate surface area is 182 Å². The molecule has 32 heavy (non-hydrogen) atoms. The highest BCUT2D eigenvalue weighted by atomic mass is 19.1. The highest BCUT2D eigenvalue weighted by Gasteiger charge is 2.20. The molecule has 0 saturated carbocycles. The zero-order chi connectivity index (χ0) is 22.2. The highest BCUT2D eigenvalue weighted by Crippen LogP contribution is 2.33. The number of hydrogen-bond donors (Lipinski definition) is 4. The van der Waals surface area contributed by atoms with Crippen LogP contribution in [-0.2, 0) is 13.0 Å². The number of rotatable bonds is 6. The molecule has 164 valence electrons. The number of ether oxygens (including phenoxy) is 1. The molecule has 0 amide bonds. The summed E-state index contributed by atoms with van der Waals surface area (Å²) >= 11 is 0. The van der Waals surface area contributed by atoms with Crippen molar-refractivity contribution in [3.05, 3.63) is 64.0 Å². The van der Waals surface area contributed by atoms with Crippen molar-refractivity contribution in [2.24, 2.45) is 0 Å². The summed E-state index contributed by atoms with van der Waals surface area (Å²) in [5.74, 6) is 1.65. The number of fused-ring (bicyclic) bond motifs is 2. The first-order chi connectivity index (χ1) is 15.6. The van der Waals surface area contributed by atoms with Crippen LogP contribution in [0.25, 0.3) is 22.0 Å². The monoisotopic (exact) mass is 435 g/mol. The minimum atomic E-state index is -0.284. The lowest BCUT2D eigenvalue weighted by Gasteiger charge is -2.14. The number of nitrogens with one attached hydrogen (secondary N) is 4. The summed E-state index contributed by atoms with van der Waals surface area (Å²) < 4.78 is 20.1. The first-order valence-corrected chi connectivity index (χ1v) is 10.2. The maximum atomic E-state index is 14.5. The largest absolute Gasteiger partial charge is 0.493 e. The predicted octanol–water partition coefficient (Wildman–Crippen LogP) is 2.69. The molecule has 1 aliphatic heterocycles. The third kappa shape index (κ3) is 3.29. The van der Waals surface area contributed by atoms with Crippen molar-refractivity contribution in [3.63, 3.8) is 0 Å². The smallest absolute Gasteiger partial charge is 0.248 e. The van der Waals surface area contributed by atoms with Crippen molar-refractivity contribution in [1.82, 2.24) is 19.9 Å². The van der Waals surface area contributed by atoms with E-state index in [2.05, 4.69) is 31.1 Å². The summed E-state index contributed by atoms with van der Waals surface area (Å²) in [6.45, 7) is 0.800. The van der Waals surface area contributed by atoms with Gasteiger partial charge in [0.2, 0.25) is 5.56 Å². The van der Waals surface area contributed by atoms with Gasteiger partial charge in [0.15, 0.2) is 5.82 Å². The summed E-state index contributed by atoms with van der Waals surface area (Å²) in [6, 6.07) is 6.48. The first kappa shape index (κ1) is 19.9. The Kier molecular flexibility index (Phi) is 4.89. The van der Waals surface area contributed by atoms with Gasteiger partial charge in [-0.3, -0.25) is 4.79 Å². The standard InChI is InChI=1S/C22H22FN7O2/c1-24-20-8-18(30(25-2)29-20)15-10-28-22(16-11-26-21(31)7-13(15)16)27-9-14-12-5-6-32-19(12)4-3-17(14)23/h3-4,7-8,10-11,25H,5-6,9H2,1-2H3,(H,24,29)(H,26,31)(H,27,28). The van der Waals surface area contributed by atoms with Gasteiger partial charge in [0.05, 0.1) is 12.3 Å². The van der Waals surface area contributed by atoms with E-state index in [1.165, 1.54) is 12.1 Å². The number of nitrogens with zero attached hydrogens (tertiary/aromatic N) is 3. The molecular weight excluding hydrogens is 413 g/mol. The van der Waals surface area contributed by atoms with Gasteiger partial charge in [0, 0.05) is 79.1 Å². The summed E-state index contributed by atoms with van der Waals surface area (Å²) in [5.41, 5.74) is 5.70. The Morgan fingerprint density at radius 1 is 1.25 bits per heavy atom. The fourth-order valence-electron chi connectivity index (χ4n) is 4.05. The van der Waals surface area contributed by atoms with Gasteiger partial charge in [-0.05, 0) is 12.1 Å². The van der Waals surface area contributed by atoms with Crippen molar-refractivity contribution in [2.45, 2.75) is 13.0 Å². The number of pyridine rings is 2. The lowest BCUT2D eigenvalue weighted by atomic mass is 10.0. The van der Waals surface area contributed by atoms with E-state index in [0.717, 1.165) is 22.6 Å². The van der Waals surface area contributed by atoms with Gasteiger partial charge in [-0.2, -0.15) is 4.79 Å². The minimum absolute atomic E-state index is 0.232. The minimum Gasteiger partial charge on any atom is -0.493 e. The summed E-state index contributed by atoms with van der Waals surface area (Å²) in [5, 5.41) is 12.1. The van der Waals surface area contributed by atoms with Crippen LogP contribution in [0.4, 0.5) is 16.0 Å². The van der Waals surface area contributed by atoms with Crippen LogP contribution in [0.5, 0.6) is 5.75 Å². The molecule has 1 aromatic carbocycles. The number of hydrogen-bond acceptors (Lipinski definition) is 7. The van der Waals surface area contributed by atoms with E-state index in [9.17, 15) is 9.18 Å². The van der Waals surface area contributed by atoms with Crippen molar-refractivity contribution in [2.75, 3.05) is 36.8 Å². The average Bonchev–Trinajstić information content (AvgIpc) is 3.45. The molecule has 10 heteroatoms. The Morgan fingerprint density at radius 2 is 2.12 bits per heavy atom. The number of anilines is 2. The van der Waals surface area contributed by atoms with E-state index in [-0.39, 0.29) is 17.9 Å².